The van der Waals surface area contributed by atoms with Crippen molar-refractivity contribution in [1.29, 1.82) is 0 Å². The van der Waals surface area contributed by atoms with E-state index < -0.39 is 11.2 Å². The number of carbonyl (C=O) groups excluding carboxylic acids is 1. The van der Waals surface area contributed by atoms with Gasteiger partial charge in [-0.2, -0.15) is 9.78 Å². The maximum Gasteiger partial charge on any atom is 0.349 e. The van der Waals surface area contributed by atoms with Crippen LogP contribution in [0.25, 0.3) is 5.69 Å². The molecule has 1 heterocycles. The Balaban J connectivity index is 1.75. The molecule has 0 amide bonds. The second-order valence-corrected chi connectivity index (χ2v) is 7.26. The van der Waals surface area contributed by atoms with E-state index in [1.54, 1.807) is 18.2 Å². The predicted octanol–water partition coefficient (Wildman–Crippen LogP) is 4.09. The van der Waals surface area contributed by atoms with Gasteiger partial charge in [-0.15, -0.1) is 0 Å². The number of aromatic nitrogens is 3. The molecule has 0 aliphatic carbocycles. The van der Waals surface area contributed by atoms with E-state index in [-0.39, 0.29) is 22.8 Å². The molecule has 0 atom stereocenters. The van der Waals surface area contributed by atoms with E-state index in [0.717, 1.165) is 16.4 Å². The van der Waals surface area contributed by atoms with E-state index in [0.29, 0.717) is 28.6 Å². The quantitative estimate of drug-likeness (QED) is 0.588. The molecule has 6 nitrogen and oxygen atoms in total. The Bertz CT molecular complexity index is 1150. The molecule has 0 saturated heterocycles. The third-order valence-corrected chi connectivity index (χ3v) is 5.13. The SMILES string of the molecule is O=C(CCCc1ccc(Cl)c(Cl)c1)c1cc(-n2ncc(=O)[nH]c2=O)ccc1Cl. The lowest BCUT2D eigenvalue weighted by molar-refractivity contribution is 0.0980. The number of rotatable bonds is 6. The lowest BCUT2D eigenvalue weighted by atomic mass is 10.0. The van der Waals surface area contributed by atoms with Gasteiger partial charge in [0, 0.05) is 12.0 Å². The van der Waals surface area contributed by atoms with Crippen molar-refractivity contribution >= 4 is 40.6 Å². The Labute approximate surface area is 174 Å². The molecule has 1 N–H and O–H groups in total. The van der Waals surface area contributed by atoms with Gasteiger partial charge in [0.1, 0.15) is 6.20 Å². The fraction of sp³-hybridized carbons (Fsp3) is 0.158. The zero-order valence-electron chi connectivity index (χ0n) is 14.4. The molecule has 0 fully saturated rings. The number of ketones is 1. The Hall–Kier alpha value is -2.41. The van der Waals surface area contributed by atoms with Gasteiger partial charge in [0.2, 0.25) is 0 Å². The van der Waals surface area contributed by atoms with Crippen LogP contribution < -0.4 is 11.2 Å². The molecular weight excluding hydrogens is 425 g/mol. The summed E-state index contributed by atoms with van der Waals surface area (Å²) in [6.45, 7) is 0. The minimum absolute atomic E-state index is 0.163. The van der Waals surface area contributed by atoms with Crippen molar-refractivity contribution in [1.82, 2.24) is 14.8 Å². The van der Waals surface area contributed by atoms with Crippen LogP contribution in [0.4, 0.5) is 0 Å². The highest BCUT2D eigenvalue weighted by Gasteiger charge is 2.13. The van der Waals surface area contributed by atoms with Crippen molar-refractivity contribution in [2.75, 3.05) is 0 Å². The van der Waals surface area contributed by atoms with Crippen molar-refractivity contribution in [3.05, 3.63) is 89.6 Å². The summed E-state index contributed by atoms with van der Waals surface area (Å²) in [4.78, 5) is 37.8. The lowest BCUT2D eigenvalue weighted by Crippen LogP contribution is -2.30. The van der Waals surface area contributed by atoms with Crippen LogP contribution in [0.3, 0.4) is 0 Å². The summed E-state index contributed by atoms with van der Waals surface area (Å²) in [5, 5.41) is 5.01. The van der Waals surface area contributed by atoms with E-state index in [9.17, 15) is 14.4 Å². The van der Waals surface area contributed by atoms with Gasteiger partial charge in [0.25, 0.3) is 5.56 Å². The first-order valence-corrected chi connectivity index (χ1v) is 9.44. The minimum atomic E-state index is -0.701. The van der Waals surface area contributed by atoms with Crippen molar-refractivity contribution < 1.29 is 4.79 Å². The van der Waals surface area contributed by atoms with E-state index in [1.807, 2.05) is 6.07 Å². The Morgan fingerprint density at radius 1 is 1.00 bits per heavy atom. The first kappa shape index (κ1) is 20.3. The van der Waals surface area contributed by atoms with Crippen LogP contribution in [0.5, 0.6) is 0 Å². The molecule has 9 heteroatoms. The number of aromatic amines is 1. The molecule has 0 unspecified atom stereocenters. The number of hydrogen-bond donors (Lipinski definition) is 1. The van der Waals surface area contributed by atoms with Crippen molar-refractivity contribution in [3.63, 3.8) is 0 Å². The molecule has 0 aliphatic heterocycles. The van der Waals surface area contributed by atoms with E-state index >= 15 is 0 Å². The Morgan fingerprint density at radius 2 is 1.75 bits per heavy atom. The van der Waals surface area contributed by atoms with Gasteiger partial charge in [-0.1, -0.05) is 40.9 Å². The smallest absolute Gasteiger partial charge is 0.294 e. The van der Waals surface area contributed by atoms with Crippen molar-refractivity contribution in [3.8, 4) is 5.69 Å². The van der Waals surface area contributed by atoms with E-state index in [4.69, 9.17) is 34.8 Å². The standard InChI is InChI=1S/C19H14Cl3N3O3/c20-14-7-5-12(25-19(28)24-18(27)10-23-25)9-13(14)17(26)3-1-2-11-4-6-15(21)16(22)8-11/h4-10H,1-3H2,(H,24,27,28). The molecule has 2 aromatic carbocycles. The van der Waals surface area contributed by atoms with Gasteiger partial charge in [0.15, 0.2) is 5.78 Å². The third-order valence-electron chi connectivity index (χ3n) is 4.06. The number of benzene rings is 2. The average molecular weight is 439 g/mol. The minimum Gasteiger partial charge on any atom is -0.294 e. The van der Waals surface area contributed by atoms with Gasteiger partial charge in [0.05, 0.1) is 20.8 Å². The molecule has 28 heavy (non-hydrogen) atoms. The van der Waals surface area contributed by atoms with Gasteiger partial charge in [-0.3, -0.25) is 14.6 Å². The van der Waals surface area contributed by atoms with Gasteiger partial charge < -0.3 is 0 Å². The number of halogens is 3. The van der Waals surface area contributed by atoms with Gasteiger partial charge >= 0.3 is 5.69 Å². The number of nitrogens with one attached hydrogen (secondary N) is 1. The molecule has 1 aromatic heterocycles. The van der Waals surface area contributed by atoms with Crippen LogP contribution in [0, 0.1) is 0 Å². The number of hydrogen-bond acceptors (Lipinski definition) is 4. The zero-order valence-corrected chi connectivity index (χ0v) is 16.7. The largest absolute Gasteiger partial charge is 0.349 e. The second kappa shape index (κ2) is 8.73. The van der Waals surface area contributed by atoms with Crippen LogP contribution in [-0.4, -0.2) is 20.5 Å². The number of Topliss-reactive ketones (excluding diaryl/α,β-unsaturated/α-hetero) is 1. The zero-order chi connectivity index (χ0) is 20.3. The summed E-state index contributed by atoms with van der Waals surface area (Å²) < 4.78 is 0.990. The van der Waals surface area contributed by atoms with E-state index in [1.165, 1.54) is 12.1 Å². The van der Waals surface area contributed by atoms with E-state index in [2.05, 4.69) is 10.1 Å². The third kappa shape index (κ3) is 4.70. The summed E-state index contributed by atoms with van der Waals surface area (Å²) in [5.74, 6) is -0.163. The topological polar surface area (TPSA) is 84.8 Å². The molecular formula is C19H14Cl3N3O3. The normalized spacial score (nSPS) is 10.8. The first-order chi connectivity index (χ1) is 13.3. The number of nitrogens with zero attached hydrogens (tertiary/aromatic N) is 2. The fourth-order valence-corrected chi connectivity index (χ4v) is 3.22. The highest BCUT2D eigenvalue weighted by Crippen LogP contribution is 2.24. The van der Waals surface area contributed by atoms with Crippen LogP contribution in [0.1, 0.15) is 28.8 Å². The molecule has 0 radical (unpaired) electrons. The monoisotopic (exact) mass is 437 g/mol. The summed E-state index contributed by atoms with van der Waals surface area (Å²) in [5.41, 5.74) is 0.291. The second-order valence-electron chi connectivity index (χ2n) is 6.04. The molecule has 3 rings (SSSR count). The number of aryl methyl sites for hydroxylation is 1. The molecule has 0 saturated carbocycles. The fourth-order valence-electron chi connectivity index (χ4n) is 2.68. The summed E-state index contributed by atoms with van der Waals surface area (Å²) in [6, 6.07) is 9.90. The maximum absolute atomic E-state index is 12.6. The Kier molecular flexibility index (Phi) is 6.34. The van der Waals surface area contributed by atoms with Crippen LogP contribution in [-0.2, 0) is 6.42 Å². The van der Waals surface area contributed by atoms with Crippen molar-refractivity contribution in [2.24, 2.45) is 0 Å². The lowest BCUT2D eigenvalue weighted by Gasteiger charge is -2.08. The Morgan fingerprint density at radius 3 is 2.46 bits per heavy atom. The molecule has 0 aliphatic rings. The van der Waals surface area contributed by atoms with Crippen LogP contribution in [0.15, 0.2) is 52.2 Å². The first-order valence-electron chi connectivity index (χ1n) is 8.31. The summed E-state index contributed by atoms with van der Waals surface area (Å²) in [7, 11) is 0. The van der Waals surface area contributed by atoms with Gasteiger partial charge in [-0.05, 0) is 48.7 Å². The maximum atomic E-state index is 12.6. The molecule has 3 aromatic rings. The van der Waals surface area contributed by atoms with Gasteiger partial charge in [-0.25, -0.2) is 4.79 Å². The molecule has 0 spiro atoms. The summed E-state index contributed by atoms with van der Waals surface area (Å²) in [6.07, 6.45) is 2.49. The molecule has 144 valence electrons. The summed E-state index contributed by atoms with van der Waals surface area (Å²) >= 11 is 18.1. The molecule has 0 bridgehead atoms. The van der Waals surface area contributed by atoms with Crippen molar-refractivity contribution in [2.45, 2.75) is 19.3 Å². The number of carbonyl (C=O) groups is 1. The average Bonchev–Trinajstić information content (AvgIpc) is 2.65. The number of H-pyrrole nitrogens is 1. The highest BCUT2D eigenvalue weighted by molar-refractivity contribution is 6.42. The van der Waals surface area contributed by atoms with Crippen LogP contribution >= 0.6 is 34.8 Å². The highest BCUT2D eigenvalue weighted by atomic mass is 35.5. The predicted molar refractivity (Wildman–Crippen MR) is 109 cm³/mol. The van der Waals surface area contributed by atoms with Crippen LogP contribution in [0.2, 0.25) is 15.1 Å².